The van der Waals surface area contributed by atoms with Crippen LogP contribution in [-0.2, 0) is 27.1 Å². The summed E-state index contributed by atoms with van der Waals surface area (Å²) in [7, 11) is -1.70. The zero-order chi connectivity index (χ0) is 24.7. The molecule has 0 bridgehead atoms. The first kappa shape index (κ1) is 25.7. The van der Waals surface area contributed by atoms with Gasteiger partial charge in [-0.05, 0) is 41.0 Å². The van der Waals surface area contributed by atoms with Crippen molar-refractivity contribution in [2.75, 3.05) is 39.8 Å². The van der Waals surface area contributed by atoms with Gasteiger partial charge in [-0.2, -0.15) is 4.31 Å². The summed E-state index contributed by atoms with van der Waals surface area (Å²) in [4.78, 5) is 2.26. The summed E-state index contributed by atoms with van der Waals surface area (Å²) in [5.41, 5.74) is 2.88. The first-order chi connectivity index (χ1) is 16.9. The second-order valence-electron chi connectivity index (χ2n) is 8.64. The fourth-order valence-electron chi connectivity index (χ4n) is 4.19. The molecule has 1 aliphatic rings. The molecule has 35 heavy (non-hydrogen) atoms. The Balaban J connectivity index is 1.38. The zero-order valence-corrected chi connectivity index (χ0v) is 21.4. The molecule has 186 valence electrons. The number of sulfonamides is 1. The Kier molecular flexibility index (Phi) is 8.81. The van der Waals surface area contributed by atoms with Gasteiger partial charge in [-0.15, -0.1) is 0 Å². The maximum Gasteiger partial charge on any atom is 0.218 e. The van der Waals surface area contributed by atoms with Crippen LogP contribution in [0, 0.1) is 0 Å². The monoisotopic (exact) mass is 514 g/mol. The number of halogens is 1. The first-order valence-corrected chi connectivity index (χ1v) is 13.7. The average Bonchev–Trinajstić information content (AvgIpc) is 2.88. The molecule has 0 N–H and O–H groups in total. The molecule has 0 amide bonds. The van der Waals surface area contributed by atoms with Gasteiger partial charge >= 0.3 is 0 Å². The lowest BCUT2D eigenvalue weighted by Crippen LogP contribution is -2.49. The molecule has 0 spiro atoms. The third kappa shape index (κ3) is 7.29. The van der Waals surface area contributed by atoms with E-state index in [1.54, 1.807) is 11.4 Å². The van der Waals surface area contributed by atoms with Crippen LogP contribution in [0.25, 0.3) is 0 Å². The number of hydrogen-bond acceptors (Lipinski definition) is 5. The van der Waals surface area contributed by atoms with Crippen molar-refractivity contribution in [2.24, 2.45) is 0 Å². The predicted octanol–water partition coefficient (Wildman–Crippen LogP) is 4.75. The summed E-state index contributed by atoms with van der Waals surface area (Å²) in [5.74, 6) is 0.826. The first-order valence-electron chi connectivity index (χ1n) is 11.7. The van der Waals surface area contributed by atoms with Crippen molar-refractivity contribution in [3.8, 4) is 5.75 Å². The van der Waals surface area contributed by atoms with Crippen molar-refractivity contribution in [3.63, 3.8) is 0 Å². The molecular weight excluding hydrogens is 484 g/mol. The van der Waals surface area contributed by atoms with Crippen LogP contribution in [0.3, 0.4) is 0 Å². The lowest BCUT2D eigenvalue weighted by atomic mass is 10.1. The van der Waals surface area contributed by atoms with Gasteiger partial charge in [0.1, 0.15) is 5.75 Å². The molecule has 1 fully saturated rings. The molecule has 0 aliphatic carbocycles. The molecule has 1 unspecified atom stereocenters. The minimum absolute atomic E-state index is 0.0326. The maximum atomic E-state index is 12.9. The highest BCUT2D eigenvalue weighted by molar-refractivity contribution is 7.88. The number of hydrogen-bond donors (Lipinski definition) is 0. The number of ether oxygens (including phenoxy) is 2. The Labute approximate surface area is 213 Å². The van der Waals surface area contributed by atoms with E-state index in [0.29, 0.717) is 44.4 Å². The SMILES string of the molecule is COc1cccc(COC(CN2CCN(S(=O)(=O)Cc3ccccc3)CC2)c2ccc(Cl)cc2)c1. The van der Waals surface area contributed by atoms with E-state index in [4.69, 9.17) is 21.1 Å². The van der Waals surface area contributed by atoms with Gasteiger partial charge in [0, 0.05) is 37.7 Å². The lowest BCUT2D eigenvalue weighted by Gasteiger charge is -2.36. The molecule has 3 aromatic carbocycles. The van der Waals surface area contributed by atoms with E-state index in [1.807, 2.05) is 78.9 Å². The third-order valence-corrected chi connectivity index (χ3v) is 8.27. The Morgan fingerprint density at radius 3 is 2.26 bits per heavy atom. The highest BCUT2D eigenvalue weighted by Crippen LogP contribution is 2.25. The normalized spacial score (nSPS) is 16.2. The molecule has 1 heterocycles. The second-order valence-corrected chi connectivity index (χ2v) is 11.0. The Morgan fingerprint density at radius 2 is 1.57 bits per heavy atom. The van der Waals surface area contributed by atoms with Crippen molar-refractivity contribution in [2.45, 2.75) is 18.5 Å². The van der Waals surface area contributed by atoms with Gasteiger partial charge in [0.25, 0.3) is 0 Å². The second kappa shape index (κ2) is 12.0. The van der Waals surface area contributed by atoms with Crippen LogP contribution < -0.4 is 4.74 Å². The van der Waals surface area contributed by atoms with Crippen LogP contribution in [0.5, 0.6) is 5.75 Å². The smallest absolute Gasteiger partial charge is 0.218 e. The molecule has 0 saturated carbocycles. The van der Waals surface area contributed by atoms with Gasteiger partial charge in [0.05, 0.1) is 25.6 Å². The van der Waals surface area contributed by atoms with Crippen LogP contribution >= 0.6 is 11.6 Å². The van der Waals surface area contributed by atoms with Crippen LogP contribution in [0.1, 0.15) is 22.8 Å². The van der Waals surface area contributed by atoms with Crippen LogP contribution in [0.2, 0.25) is 5.02 Å². The van der Waals surface area contributed by atoms with Gasteiger partial charge in [0.2, 0.25) is 10.0 Å². The minimum atomic E-state index is -3.35. The van der Waals surface area contributed by atoms with Gasteiger partial charge in [0.15, 0.2) is 0 Å². The predicted molar refractivity (Wildman–Crippen MR) is 139 cm³/mol. The topological polar surface area (TPSA) is 59.1 Å². The largest absolute Gasteiger partial charge is 0.497 e. The highest BCUT2D eigenvalue weighted by Gasteiger charge is 2.28. The number of piperazine rings is 1. The third-order valence-electron chi connectivity index (χ3n) is 6.17. The number of methoxy groups -OCH3 is 1. The van der Waals surface area contributed by atoms with Crippen LogP contribution in [0.15, 0.2) is 78.9 Å². The van der Waals surface area contributed by atoms with Gasteiger partial charge in [-0.1, -0.05) is 66.2 Å². The molecule has 6 nitrogen and oxygen atoms in total. The van der Waals surface area contributed by atoms with Gasteiger partial charge < -0.3 is 9.47 Å². The quantitative estimate of drug-likeness (QED) is 0.390. The Bertz CT molecular complexity index is 1180. The summed E-state index contributed by atoms with van der Waals surface area (Å²) in [6, 6.07) is 24.9. The fraction of sp³-hybridized carbons (Fsp3) is 0.333. The molecular formula is C27H31ClN2O4S. The summed E-state index contributed by atoms with van der Waals surface area (Å²) >= 11 is 6.10. The molecule has 8 heteroatoms. The van der Waals surface area contributed by atoms with E-state index >= 15 is 0 Å². The van der Waals surface area contributed by atoms with E-state index < -0.39 is 10.0 Å². The fourth-order valence-corrected chi connectivity index (χ4v) is 5.83. The highest BCUT2D eigenvalue weighted by atomic mass is 35.5. The summed E-state index contributed by atoms with van der Waals surface area (Å²) < 4.78 is 39.1. The molecule has 0 aromatic heterocycles. The van der Waals surface area contributed by atoms with Crippen molar-refractivity contribution < 1.29 is 17.9 Å². The van der Waals surface area contributed by atoms with E-state index in [2.05, 4.69) is 4.90 Å². The van der Waals surface area contributed by atoms with E-state index in [1.165, 1.54) is 0 Å². The summed E-state index contributed by atoms with van der Waals surface area (Å²) in [6.45, 7) is 3.35. The van der Waals surface area contributed by atoms with Crippen molar-refractivity contribution in [1.29, 1.82) is 0 Å². The number of rotatable bonds is 10. The van der Waals surface area contributed by atoms with E-state index in [0.717, 1.165) is 22.4 Å². The summed E-state index contributed by atoms with van der Waals surface area (Å²) in [6.07, 6.45) is -0.175. The van der Waals surface area contributed by atoms with Crippen molar-refractivity contribution in [1.82, 2.24) is 9.21 Å². The molecule has 3 aromatic rings. The molecule has 1 atom stereocenters. The standard InChI is InChI=1S/C27H31ClN2O4S/c1-33-26-9-5-8-23(18-26)20-34-27(24-10-12-25(28)13-11-24)19-29-14-16-30(17-15-29)35(31,32)21-22-6-3-2-4-7-22/h2-13,18,27H,14-17,19-21H2,1H3. The molecule has 1 aliphatic heterocycles. The van der Waals surface area contributed by atoms with Crippen LogP contribution in [-0.4, -0.2) is 57.5 Å². The van der Waals surface area contributed by atoms with E-state index in [9.17, 15) is 8.42 Å². The number of benzene rings is 3. The molecule has 1 saturated heterocycles. The van der Waals surface area contributed by atoms with E-state index in [-0.39, 0.29) is 11.9 Å². The van der Waals surface area contributed by atoms with Gasteiger partial charge in [-0.25, -0.2) is 8.42 Å². The van der Waals surface area contributed by atoms with Crippen molar-refractivity contribution in [3.05, 3.63) is 101 Å². The van der Waals surface area contributed by atoms with Crippen LogP contribution in [0.4, 0.5) is 0 Å². The minimum Gasteiger partial charge on any atom is -0.497 e. The number of nitrogens with zero attached hydrogens (tertiary/aromatic N) is 2. The van der Waals surface area contributed by atoms with Crippen molar-refractivity contribution >= 4 is 21.6 Å². The molecule has 0 radical (unpaired) electrons. The van der Waals surface area contributed by atoms with Gasteiger partial charge in [-0.3, -0.25) is 4.90 Å². The zero-order valence-electron chi connectivity index (χ0n) is 19.8. The maximum absolute atomic E-state index is 12.9. The summed E-state index contributed by atoms with van der Waals surface area (Å²) in [5, 5.41) is 0.678. The lowest BCUT2D eigenvalue weighted by molar-refractivity contribution is 0.00767. The average molecular weight is 515 g/mol. The Hall–Kier alpha value is -2.42. The Morgan fingerprint density at radius 1 is 0.886 bits per heavy atom. The molecule has 4 rings (SSSR count).